The highest BCUT2D eigenvalue weighted by atomic mass is 35.5. The normalized spacial score (nSPS) is 13.4. The summed E-state index contributed by atoms with van der Waals surface area (Å²) >= 11 is 10.1. The Hall–Kier alpha value is -13.5. The number of aromatic nitrogens is 6. The van der Waals surface area contributed by atoms with Crippen LogP contribution in [0, 0.1) is 0 Å². The number of hydrogen-bond acceptors (Lipinski definition) is 6. The maximum Gasteiger partial charge on any atom is 0.235 e. The van der Waals surface area contributed by atoms with Gasteiger partial charge in [0.2, 0.25) is 11.2 Å². The maximum atomic E-state index is 6.40. The molecule has 540 valence electrons. The molecule has 0 saturated heterocycles. The van der Waals surface area contributed by atoms with Gasteiger partial charge in [0.15, 0.2) is 0 Å². The molecule has 2 aliphatic carbocycles. The van der Waals surface area contributed by atoms with Gasteiger partial charge in [-0.3, -0.25) is 4.57 Å². The summed E-state index contributed by atoms with van der Waals surface area (Å²) in [6.45, 7) is 9.15. The number of hydrogen-bond donors (Lipinski definition) is 1. The van der Waals surface area contributed by atoms with Gasteiger partial charge in [-0.1, -0.05) is 295 Å². The molecule has 0 aliphatic heterocycles. The van der Waals surface area contributed by atoms with Crippen LogP contribution in [-0.4, -0.2) is 29.5 Å². The fourth-order valence-electron chi connectivity index (χ4n) is 19.9. The van der Waals surface area contributed by atoms with E-state index in [9.17, 15) is 0 Å². The Kier molecular flexibility index (Phi) is 14.2. The van der Waals surface area contributed by atoms with E-state index in [4.69, 9.17) is 26.6 Å². The quantitative estimate of drug-likeness (QED) is 0.141. The van der Waals surface area contributed by atoms with E-state index in [-0.39, 0.29) is 10.8 Å². The lowest BCUT2D eigenvalue weighted by molar-refractivity contribution is 0.657. The Morgan fingerprint density at radius 3 is 1.19 bits per heavy atom. The molecule has 24 aromatic rings. The lowest BCUT2D eigenvalue weighted by Gasteiger charge is -2.24. The summed E-state index contributed by atoms with van der Waals surface area (Å²) in [7, 11) is 0. The molecular weight excluding hydrogens is 1460 g/mol. The fourth-order valence-corrected chi connectivity index (χ4v) is 22.4. The fraction of sp³-hybridized carbons (Fsp3) is 0.0566. The third-order valence-electron chi connectivity index (χ3n) is 25.1. The Morgan fingerprint density at radius 2 is 0.652 bits per heavy atom. The number of rotatable bonds is 3. The zero-order valence-corrected chi connectivity index (χ0v) is 65.5. The third-order valence-corrected chi connectivity index (χ3v) is 27.5. The van der Waals surface area contributed by atoms with E-state index in [0.717, 1.165) is 56.1 Å². The van der Waals surface area contributed by atoms with Crippen LogP contribution >= 0.6 is 34.3 Å². The van der Waals surface area contributed by atoms with Crippen LogP contribution in [0.15, 0.2) is 328 Å². The summed E-state index contributed by atoms with van der Waals surface area (Å²) in [6, 6.07) is 119. The molecule has 0 atom stereocenters. The SMILES string of the molecule is CC1(C)c2ccccc2-c2nc(-n3c4cc5ccccc5cc4c4c5c6ccccc6c6ccccc6c5ccc43)nc(-c3ccc4c(c3)sc3ccccc34)c21.CC1(C)c2ccccc2-c2nc(Cl)nc(-c3ccc4c(c3)sc3ccccc34)c21.c1ccc2cc3c(cc2c1)[nH]c1ccc2c4ccccc4c4ccccc4c2c13. The van der Waals surface area contributed by atoms with Crippen molar-refractivity contribution in [3.05, 3.63) is 355 Å². The summed E-state index contributed by atoms with van der Waals surface area (Å²) in [5.41, 5.74) is 17.5. The Labute approximate surface area is 673 Å². The zero-order chi connectivity index (χ0) is 76.3. The van der Waals surface area contributed by atoms with E-state index >= 15 is 0 Å². The van der Waals surface area contributed by atoms with E-state index < -0.39 is 0 Å². The van der Waals surface area contributed by atoms with E-state index in [2.05, 4.69) is 370 Å². The Balaban J connectivity index is 0.000000110. The molecule has 0 bridgehead atoms. The first-order valence-electron chi connectivity index (χ1n) is 39.3. The number of thiophene rings is 2. The molecule has 18 aromatic carbocycles. The summed E-state index contributed by atoms with van der Waals surface area (Å²) in [5.74, 6) is 0.687. The van der Waals surface area contributed by atoms with Gasteiger partial charge >= 0.3 is 0 Å². The minimum Gasteiger partial charge on any atom is -0.354 e. The molecule has 6 heterocycles. The van der Waals surface area contributed by atoms with Gasteiger partial charge in [-0.05, 0) is 159 Å². The lowest BCUT2D eigenvalue weighted by Crippen LogP contribution is -2.18. The first kappa shape index (κ1) is 66.2. The second-order valence-electron chi connectivity index (χ2n) is 32.0. The van der Waals surface area contributed by atoms with Crippen molar-refractivity contribution >= 4 is 204 Å². The largest absolute Gasteiger partial charge is 0.354 e. The van der Waals surface area contributed by atoms with E-state index in [0.29, 0.717) is 11.2 Å². The molecule has 1 N–H and O–H groups in total. The lowest BCUT2D eigenvalue weighted by atomic mass is 9.81. The minimum absolute atomic E-state index is 0.180. The van der Waals surface area contributed by atoms with Gasteiger partial charge in [-0.15, -0.1) is 22.7 Å². The van der Waals surface area contributed by atoms with E-state index in [1.807, 2.05) is 22.7 Å². The molecule has 26 rings (SSSR count). The molecule has 0 saturated carbocycles. The first-order chi connectivity index (χ1) is 56.4. The van der Waals surface area contributed by atoms with Crippen molar-refractivity contribution < 1.29 is 0 Å². The number of fused-ring (bicyclic) bond motifs is 34. The van der Waals surface area contributed by atoms with Crippen LogP contribution in [0.1, 0.15) is 49.9 Å². The van der Waals surface area contributed by atoms with Gasteiger partial charge in [0.05, 0.1) is 33.8 Å². The molecule has 0 radical (unpaired) electrons. The third kappa shape index (κ3) is 9.74. The molecular formula is C106H67ClN6S2. The van der Waals surface area contributed by atoms with Crippen LogP contribution in [0.2, 0.25) is 5.28 Å². The topological polar surface area (TPSA) is 72.3 Å². The number of nitrogens with zero attached hydrogens (tertiary/aromatic N) is 5. The predicted molar refractivity (Wildman–Crippen MR) is 491 cm³/mol. The molecule has 0 spiro atoms. The minimum atomic E-state index is -0.290. The highest BCUT2D eigenvalue weighted by molar-refractivity contribution is 7.26. The zero-order valence-electron chi connectivity index (χ0n) is 63.1. The predicted octanol–water partition coefficient (Wildman–Crippen LogP) is 29.9. The Morgan fingerprint density at radius 1 is 0.278 bits per heavy atom. The smallest absolute Gasteiger partial charge is 0.235 e. The molecule has 115 heavy (non-hydrogen) atoms. The standard InChI is InChI=1S/C53H33N3S.C28H17N.C25H17ClN2S/c1-53(2)42-21-11-9-20-40(42)51-49(53)50(32-23-24-37-36-18-10-12-22-45(36)57-46(37)29-32)54-52(55-51)56-43-26-25-39-35-17-6-5-15-33(35)34-16-7-8-19-38(34)47(39)48(43)41-27-30-13-3-4-14-31(30)28-44(41)56;1-2-8-18-16-26-24(15-17(18)7-1)28-25(29-26)14-13-23-21-11-4-3-9-19(21)20-10-5-6-12-22(20)27(23)28;1-25(2)18-9-5-3-8-17(18)23-21(25)22(27-24(26)28-23)14-11-12-16-15-7-4-6-10-19(15)29-20(16)13-14/h3-29H,1-2H3;1-16,29H;3-13H,1-2H3. The van der Waals surface area contributed by atoms with Crippen LogP contribution in [0.25, 0.3) is 221 Å². The van der Waals surface area contributed by atoms with Crippen molar-refractivity contribution in [2.24, 2.45) is 0 Å². The maximum absolute atomic E-state index is 6.40. The van der Waals surface area contributed by atoms with E-state index in [1.165, 1.54) is 181 Å². The van der Waals surface area contributed by atoms with Gasteiger partial charge in [0.1, 0.15) is 0 Å². The molecule has 6 aromatic heterocycles. The number of halogens is 1. The summed E-state index contributed by atoms with van der Waals surface area (Å²) < 4.78 is 7.48. The van der Waals surface area contributed by atoms with Gasteiger partial charge in [0, 0.05) is 128 Å². The van der Waals surface area contributed by atoms with Crippen LogP contribution in [-0.2, 0) is 10.8 Å². The van der Waals surface area contributed by atoms with Crippen LogP contribution in [0.4, 0.5) is 0 Å². The highest BCUT2D eigenvalue weighted by Gasteiger charge is 2.42. The number of aromatic amines is 1. The summed E-state index contributed by atoms with van der Waals surface area (Å²) in [5, 5.41) is 31.0. The molecule has 0 fully saturated rings. The number of nitrogens with one attached hydrogen (secondary N) is 1. The molecule has 0 amide bonds. The van der Waals surface area contributed by atoms with Crippen LogP contribution < -0.4 is 0 Å². The summed E-state index contributed by atoms with van der Waals surface area (Å²) in [4.78, 5) is 24.4. The average Bonchev–Trinajstić information content (AvgIpc) is 1.46. The highest BCUT2D eigenvalue weighted by Crippen LogP contribution is 2.55. The number of H-pyrrole nitrogens is 1. The first-order valence-corrected chi connectivity index (χ1v) is 41.4. The van der Waals surface area contributed by atoms with Gasteiger partial charge in [-0.2, -0.15) is 0 Å². The molecule has 6 nitrogen and oxygen atoms in total. The Bertz CT molecular complexity index is 8330. The van der Waals surface area contributed by atoms with Gasteiger partial charge in [0.25, 0.3) is 0 Å². The summed E-state index contributed by atoms with van der Waals surface area (Å²) in [6.07, 6.45) is 0. The van der Waals surface area contributed by atoms with Crippen molar-refractivity contribution in [2.75, 3.05) is 0 Å². The second kappa shape index (κ2) is 24.8. The van der Waals surface area contributed by atoms with Crippen LogP contribution in [0.5, 0.6) is 0 Å². The number of benzene rings is 18. The van der Waals surface area contributed by atoms with Gasteiger partial charge < -0.3 is 4.98 Å². The second-order valence-corrected chi connectivity index (χ2v) is 34.5. The monoisotopic (exact) mass is 1520 g/mol. The van der Waals surface area contributed by atoms with Crippen molar-refractivity contribution in [3.8, 4) is 51.0 Å². The van der Waals surface area contributed by atoms with Crippen molar-refractivity contribution in [1.82, 2.24) is 29.5 Å². The van der Waals surface area contributed by atoms with E-state index in [1.54, 1.807) is 0 Å². The van der Waals surface area contributed by atoms with Crippen LogP contribution in [0.3, 0.4) is 0 Å². The molecule has 0 unspecified atom stereocenters. The van der Waals surface area contributed by atoms with Gasteiger partial charge in [-0.25, -0.2) is 19.9 Å². The van der Waals surface area contributed by atoms with Crippen molar-refractivity contribution in [2.45, 2.75) is 38.5 Å². The molecule has 9 heteroatoms. The van der Waals surface area contributed by atoms with Crippen molar-refractivity contribution in [1.29, 1.82) is 0 Å². The average molecular weight is 1520 g/mol. The van der Waals surface area contributed by atoms with Crippen molar-refractivity contribution in [3.63, 3.8) is 0 Å². The molecule has 2 aliphatic rings.